The van der Waals surface area contributed by atoms with Gasteiger partial charge in [0.2, 0.25) is 0 Å². The zero-order valence-electron chi connectivity index (χ0n) is 10.8. The summed E-state index contributed by atoms with van der Waals surface area (Å²) in [5.74, 6) is 0. The molecule has 0 spiro atoms. The maximum atomic E-state index is 12.0. The van der Waals surface area contributed by atoms with Crippen LogP contribution < -0.4 is 11.3 Å². The Labute approximate surface area is 111 Å². The predicted octanol–water partition coefficient (Wildman–Crippen LogP) is 0.846. The number of benzene rings is 1. The Bertz CT molecular complexity index is 637. The number of hydrogen-bond acceptors (Lipinski definition) is 4. The molecule has 100 valence electrons. The van der Waals surface area contributed by atoms with E-state index in [1.807, 2.05) is 24.3 Å². The summed E-state index contributed by atoms with van der Waals surface area (Å²) in [6.07, 6.45) is 2.26. The third-order valence-corrected chi connectivity index (χ3v) is 3.79. The molecule has 0 amide bonds. The standard InChI is InChI=1S/C14H18N4O/c15-8-10-4-3-7-18(10)9-13-14(19)17-12-6-2-1-5-11(12)16-13/h1-2,5-6,10H,3-4,7-9,15H2,(H,17,19). The number of aromatic amines is 1. The van der Waals surface area contributed by atoms with Crippen molar-refractivity contribution in [2.45, 2.75) is 25.4 Å². The fraction of sp³-hybridized carbons (Fsp3) is 0.429. The van der Waals surface area contributed by atoms with E-state index in [4.69, 9.17) is 5.73 Å². The molecule has 1 aromatic carbocycles. The topological polar surface area (TPSA) is 75.0 Å². The molecule has 1 aromatic heterocycles. The van der Waals surface area contributed by atoms with E-state index in [-0.39, 0.29) is 5.56 Å². The number of fused-ring (bicyclic) bond motifs is 1. The monoisotopic (exact) mass is 258 g/mol. The number of H-pyrrole nitrogens is 1. The molecule has 1 aliphatic rings. The van der Waals surface area contributed by atoms with Crippen LogP contribution in [0.1, 0.15) is 18.5 Å². The molecule has 2 heterocycles. The lowest BCUT2D eigenvalue weighted by molar-refractivity contribution is 0.246. The molecular weight excluding hydrogens is 240 g/mol. The van der Waals surface area contributed by atoms with Crippen LogP contribution in [0.4, 0.5) is 0 Å². The lowest BCUT2D eigenvalue weighted by atomic mass is 10.2. The maximum Gasteiger partial charge on any atom is 0.271 e. The minimum atomic E-state index is -0.0960. The van der Waals surface area contributed by atoms with Crippen LogP contribution in [0.25, 0.3) is 11.0 Å². The molecule has 0 saturated carbocycles. The molecule has 0 radical (unpaired) electrons. The molecule has 1 saturated heterocycles. The van der Waals surface area contributed by atoms with Gasteiger partial charge in [-0.1, -0.05) is 12.1 Å². The second-order valence-electron chi connectivity index (χ2n) is 5.03. The lowest BCUT2D eigenvalue weighted by Gasteiger charge is -2.22. The number of likely N-dealkylation sites (tertiary alicyclic amines) is 1. The van der Waals surface area contributed by atoms with Crippen LogP contribution in [0, 0.1) is 0 Å². The minimum Gasteiger partial charge on any atom is -0.329 e. The molecule has 0 bridgehead atoms. The van der Waals surface area contributed by atoms with Crippen molar-refractivity contribution in [3.05, 3.63) is 40.3 Å². The summed E-state index contributed by atoms with van der Waals surface area (Å²) in [5.41, 5.74) is 7.86. The first-order chi connectivity index (χ1) is 9.28. The molecule has 5 nitrogen and oxygen atoms in total. The Morgan fingerprint density at radius 1 is 1.42 bits per heavy atom. The summed E-state index contributed by atoms with van der Waals surface area (Å²) in [6, 6.07) is 7.99. The second kappa shape index (κ2) is 5.11. The van der Waals surface area contributed by atoms with Crippen LogP contribution in [0.5, 0.6) is 0 Å². The molecule has 0 aliphatic carbocycles. The van der Waals surface area contributed by atoms with Crippen molar-refractivity contribution in [1.82, 2.24) is 14.9 Å². The van der Waals surface area contributed by atoms with Crippen molar-refractivity contribution in [3.63, 3.8) is 0 Å². The maximum absolute atomic E-state index is 12.0. The Kier molecular flexibility index (Phi) is 3.31. The van der Waals surface area contributed by atoms with E-state index in [1.165, 1.54) is 0 Å². The van der Waals surface area contributed by atoms with Crippen LogP contribution >= 0.6 is 0 Å². The fourth-order valence-electron chi connectivity index (χ4n) is 2.74. The zero-order valence-corrected chi connectivity index (χ0v) is 10.8. The molecule has 2 aromatic rings. The Morgan fingerprint density at radius 2 is 2.26 bits per heavy atom. The van der Waals surface area contributed by atoms with Gasteiger partial charge < -0.3 is 10.7 Å². The van der Waals surface area contributed by atoms with Crippen LogP contribution in [-0.2, 0) is 6.54 Å². The van der Waals surface area contributed by atoms with Crippen LogP contribution in [-0.4, -0.2) is 34.0 Å². The first kappa shape index (κ1) is 12.3. The molecule has 1 aliphatic heterocycles. The number of nitrogens with zero attached hydrogens (tertiary/aromatic N) is 2. The van der Waals surface area contributed by atoms with Crippen LogP contribution in [0.3, 0.4) is 0 Å². The van der Waals surface area contributed by atoms with Crippen molar-refractivity contribution < 1.29 is 0 Å². The molecule has 1 fully saturated rings. The van der Waals surface area contributed by atoms with E-state index in [0.717, 1.165) is 30.4 Å². The quantitative estimate of drug-likeness (QED) is 0.855. The smallest absolute Gasteiger partial charge is 0.271 e. The summed E-state index contributed by atoms with van der Waals surface area (Å²) < 4.78 is 0. The highest BCUT2D eigenvalue weighted by Gasteiger charge is 2.24. The normalized spacial score (nSPS) is 20.2. The fourth-order valence-corrected chi connectivity index (χ4v) is 2.74. The average molecular weight is 258 g/mol. The van der Waals surface area contributed by atoms with Gasteiger partial charge in [-0.3, -0.25) is 9.69 Å². The van der Waals surface area contributed by atoms with Gasteiger partial charge in [0.05, 0.1) is 11.0 Å². The van der Waals surface area contributed by atoms with Gasteiger partial charge in [0, 0.05) is 19.1 Å². The average Bonchev–Trinajstić information content (AvgIpc) is 2.87. The van der Waals surface area contributed by atoms with Gasteiger partial charge >= 0.3 is 0 Å². The highest BCUT2D eigenvalue weighted by Crippen LogP contribution is 2.18. The third-order valence-electron chi connectivity index (χ3n) is 3.79. The number of para-hydroxylation sites is 2. The molecule has 1 atom stereocenters. The molecule has 5 heteroatoms. The van der Waals surface area contributed by atoms with Gasteiger partial charge in [0.15, 0.2) is 0 Å². The van der Waals surface area contributed by atoms with Crippen molar-refractivity contribution in [3.8, 4) is 0 Å². The van der Waals surface area contributed by atoms with Crippen molar-refractivity contribution in [2.75, 3.05) is 13.1 Å². The number of rotatable bonds is 3. The zero-order chi connectivity index (χ0) is 13.2. The molecule has 19 heavy (non-hydrogen) atoms. The molecule has 3 rings (SSSR count). The highest BCUT2D eigenvalue weighted by molar-refractivity contribution is 5.73. The van der Waals surface area contributed by atoms with Crippen LogP contribution in [0.15, 0.2) is 29.1 Å². The first-order valence-electron chi connectivity index (χ1n) is 6.70. The molecular formula is C14H18N4O. The number of nitrogens with one attached hydrogen (secondary N) is 1. The van der Waals surface area contributed by atoms with Gasteiger partial charge in [-0.2, -0.15) is 0 Å². The van der Waals surface area contributed by atoms with Crippen molar-refractivity contribution in [2.24, 2.45) is 5.73 Å². The summed E-state index contributed by atoms with van der Waals surface area (Å²) in [4.78, 5) is 21.7. The largest absolute Gasteiger partial charge is 0.329 e. The van der Waals surface area contributed by atoms with E-state index in [0.29, 0.717) is 24.8 Å². The SMILES string of the molecule is NCC1CCCN1Cc1nc2ccccc2[nH]c1=O. The predicted molar refractivity (Wildman–Crippen MR) is 74.9 cm³/mol. The van der Waals surface area contributed by atoms with Gasteiger partial charge in [-0.25, -0.2) is 4.98 Å². The summed E-state index contributed by atoms with van der Waals surface area (Å²) in [5, 5.41) is 0. The van der Waals surface area contributed by atoms with Crippen molar-refractivity contribution in [1.29, 1.82) is 0 Å². The van der Waals surface area contributed by atoms with E-state index < -0.39 is 0 Å². The number of hydrogen-bond donors (Lipinski definition) is 2. The van der Waals surface area contributed by atoms with Gasteiger partial charge in [-0.15, -0.1) is 0 Å². The molecule has 3 N–H and O–H groups in total. The number of aromatic nitrogens is 2. The lowest BCUT2D eigenvalue weighted by Crippen LogP contribution is -2.36. The van der Waals surface area contributed by atoms with Gasteiger partial charge in [-0.05, 0) is 31.5 Å². The van der Waals surface area contributed by atoms with E-state index in [1.54, 1.807) is 0 Å². The van der Waals surface area contributed by atoms with Crippen molar-refractivity contribution >= 4 is 11.0 Å². The van der Waals surface area contributed by atoms with Gasteiger partial charge in [0.1, 0.15) is 5.69 Å². The summed E-state index contributed by atoms with van der Waals surface area (Å²) in [6.45, 7) is 2.23. The third kappa shape index (κ3) is 2.39. The minimum absolute atomic E-state index is 0.0960. The van der Waals surface area contributed by atoms with Crippen LogP contribution in [0.2, 0.25) is 0 Å². The van der Waals surface area contributed by atoms with Gasteiger partial charge in [0.25, 0.3) is 5.56 Å². The Balaban J connectivity index is 1.92. The van der Waals surface area contributed by atoms with E-state index >= 15 is 0 Å². The summed E-state index contributed by atoms with van der Waals surface area (Å²) in [7, 11) is 0. The van der Waals surface area contributed by atoms with E-state index in [2.05, 4.69) is 14.9 Å². The highest BCUT2D eigenvalue weighted by atomic mass is 16.1. The Hall–Kier alpha value is -1.72. The first-order valence-corrected chi connectivity index (χ1v) is 6.70. The summed E-state index contributed by atoms with van der Waals surface area (Å²) >= 11 is 0. The molecule has 1 unspecified atom stereocenters. The Morgan fingerprint density at radius 3 is 3.11 bits per heavy atom. The second-order valence-corrected chi connectivity index (χ2v) is 5.03. The number of nitrogens with two attached hydrogens (primary N) is 1. The van der Waals surface area contributed by atoms with E-state index in [9.17, 15) is 4.79 Å².